The topological polar surface area (TPSA) is 95.9 Å². The summed E-state index contributed by atoms with van der Waals surface area (Å²) in [5, 5.41) is 14.5. The smallest absolute Gasteiger partial charge is 0.273 e. The number of carbonyl (C=O) groups excluding carboxylic acids is 1. The van der Waals surface area contributed by atoms with Gasteiger partial charge in [0.05, 0.1) is 6.20 Å². The van der Waals surface area contributed by atoms with E-state index in [1.807, 2.05) is 18.2 Å². The standard InChI is InChI=1S/C19H27N7O/c27-19(18-13-26(25-24-18)12-14-5-4-8-20-10-14)21-11-16-9-17(23-22-16)15-6-2-1-3-7-15/h1-3,6-7,13-14,16-17,20,22-23H,4-5,8-12H2,(H,21,27). The lowest BCUT2D eigenvalue weighted by molar-refractivity contribution is 0.0945. The van der Waals surface area contributed by atoms with Gasteiger partial charge in [-0.05, 0) is 43.8 Å². The fourth-order valence-electron chi connectivity index (χ4n) is 3.80. The van der Waals surface area contributed by atoms with E-state index in [2.05, 4.69) is 43.9 Å². The largest absolute Gasteiger partial charge is 0.349 e. The van der Waals surface area contributed by atoms with E-state index in [0.29, 0.717) is 18.2 Å². The zero-order chi connectivity index (χ0) is 18.5. The van der Waals surface area contributed by atoms with Crippen LogP contribution < -0.4 is 21.5 Å². The highest BCUT2D eigenvalue weighted by Gasteiger charge is 2.25. The van der Waals surface area contributed by atoms with Crippen LogP contribution in [0.25, 0.3) is 0 Å². The molecule has 0 saturated carbocycles. The van der Waals surface area contributed by atoms with Crippen LogP contribution in [0.2, 0.25) is 0 Å². The first-order chi connectivity index (χ1) is 13.3. The van der Waals surface area contributed by atoms with Crippen LogP contribution in [-0.2, 0) is 6.54 Å². The minimum absolute atomic E-state index is 0.173. The molecule has 1 amide bonds. The van der Waals surface area contributed by atoms with Crippen LogP contribution in [-0.4, -0.2) is 46.6 Å². The number of amides is 1. The van der Waals surface area contributed by atoms with Gasteiger partial charge in [0.15, 0.2) is 5.69 Å². The van der Waals surface area contributed by atoms with Crippen LogP contribution in [0.15, 0.2) is 36.5 Å². The number of hydrogen-bond donors (Lipinski definition) is 4. The molecule has 2 fully saturated rings. The first-order valence-corrected chi connectivity index (χ1v) is 9.73. The summed E-state index contributed by atoms with van der Waals surface area (Å²) < 4.78 is 1.79. The first-order valence-electron chi connectivity index (χ1n) is 9.73. The third-order valence-electron chi connectivity index (χ3n) is 5.31. The normalized spacial score (nSPS) is 25.4. The summed E-state index contributed by atoms with van der Waals surface area (Å²) in [6.07, 6.45) is 5.05. The number of piperidine rings is 1. The zero-order valence-corrected chi connectivity index (χ0v) is 15.4. The summed E-state index contributed by atoms with van der Waals surface area (Å²) in [6.45, 7) is 3.45. The Labute approximate surface area is 159 Å². The molecule has 2 aromatic rings. The predicted octanol–water partition coefficient (Wildman–Crippen LogP) is 0.615. The summed E-state index contributed by atoms with van der Waals surface area (Å²) in [6, 6.07) is 10.8. The monoisotopic (exact) mass is 369 g/mol. The van der Waals surface area contributed by atoms with E-state index >= 15 is 0 Å². The van der Waals surface area contributed by atoms with Gasteiger partial charge in [0.25, 0.3) is 5.91 Å². The average Bonchev–Trinajstić information content (AvgIpc) is 3.37. The Morgan fingerprint density at radius 3 is 2.96 bits per heavy atom. The summed E-state index contributed by atoms with van der Waals surface area (Å²) in [5.41, 5.74) is 8.18. The molecular weight excluding hydrogens is 342 g/mol. The van der Waals surface area contributed by atoms with Crippen LogP contribution in [0.1, 0.15) is 41.4 Å². The van der Waals surface area contributed by atoms with E-state index in [0.717, 1.165) is 26.1 Å². The predicted molar refractivity (Wildman–Crippen MR) is 102 cm³/mol. The average molecular weight is 369 g/mol. The summed E-state index contributed by atoms with van der Waals surface area (Å²) >= 11 is 0. The first kappa shape index (κ1) is 18.1. The van der Waals surface area contributed by atoms with E-state index in [1.54, 1.807) is 10.9 Å². The lowest BCUT2D eigenvalue weighted by Crippen LogP contribution is -2.40. The van der Waals surface area contributed by atoms with Crippen molar-refractivity contribution in [3.63, 3.8) is 0 Å². The molecule has 2 aliphatic rings. The van der Waals surface area contributed by atoms with Crippen molar-refractivity contribution in [3.8, 4) is 0 Å². The van der Waals surface area contributed by atoms with Crippen LogP contribution in [0.3, 0.4) is 0 Å². The van der Waals surface area contributed by atoms with Gasteiger partial charge in [-0.1, -0.05) is 35.5 Å². The van der Waals surface area contributed by atoms with Gasteiger partial charge >= 0.3 is 0 Å². The van der Waals surface area contributed by atoms with E-state index < -0.39 is 0 Å². The molecule has 8 heteroatoms. The summed E-state index contributed by atoms with van der Waals surface area (Å²) in [4.78, 5) is 12.4. The summed E-state index contributed by atoms with van der Waals surface area (Å²) in [5.74, 6) is 0.382. The highest BCUT2D eigenvalue weighted by molar-refractivity contribution is 5.91. The molecule has 1 aromatic carbocycles. The molecule has 0 aliphatic carbocycles. The third kappa shape index (κ3) is 4.71. The Morgan fingerprint density at radius 2 is 2.15 bits per heavy atom. The fourth-order valence-corrected chi connectivity index (χ4v) is 3.80. The molecule has 4 rings (SSSR count). The highest BCUT2D eigenvalue weighted by Crippen LogP contribution is 2.21. The second-order valence-corrected chi connectivity index (χ2v) is 7.43. The number of carbonyl (C=O) groups is 1. The molecule has 1 aromatic heterocycles. The van der Waals surface area contributed by atoms with Gasteiger partial charge in [0, 0.05) is 25.2 Å². The number of benzene rings is 1. The lowest BCUT2D eigenvalue weighted by Gasteiger charge is -2.22. The Bertz CT molecular complexity index is 742. The molecule has 144 valence electrons. The molecule has 27 heavy (non-hydrogen) atoms. The molecule has 0 spiro atoms. The molecule has 8 nitrogen and oxygen atoms in total. The van der Waals surface area contributed by atoms with Gasteiger partial charge in [-0.3, -0.25) is 14.9 Å². The number of nitrogens with zero attached hydrogens (tertiary/aromatic N) is 3. The van der Waals surface area contributed by atoms with E-state index in [4.69, 9.17) is 0 Å². The molecular formula is C19H27N7O. The third-order valence-corrected chi connectivity index (χ3v) is 5.31. The van der Waals surface area contributed by atoms with Crippen molar-refractivity contribution in [2.45, 2.75) is 37.9 Å². The van der Waals surface area contributed by atoms with Crippen LogP contribution >= 0.6 is 0 Å². The van der Waals surface area contributed by atoms with Crippen molar-refractivity contribution in [1.82, 2.24) is 36.5 Å². The van der Waals surface area contributed by atoms with E-state index in [9.17, 15) is 4.79 Å². The highest BCUT2D eigenvalue weighted by atomic mass is 16.2. The van der Waals surface area contributed by atoms with Crippen LogP contribution in [0, 0.1) is 5.92 Å². The van der Waals surface area contributed by atoms with E-state index in [1.165, 1.54) is 18.4 Å². The van der Waals surface area contributed by atoms with Gasteiger partial charge in [-0.15, -0.1) is 5.10 Å². The van der Waals surface area contributed by atoms with Crippen LogP contribution in [0.4, 0.5) is 0 Å². The molecule has 4 N–H and O–H groups in total. The maximum atomic E-state index is 12.4. The zero-order valence-electron chi connectivity index (χ0n) is 15.4. The van der Waals surface area contributed by atoms with Gasteiger partial charge in [-0.25, -0.2) is 5.43 Å². The molecule has 3 atom stereocenters. The maximum absolute atomic E-state index is 12.4. The number of hydrazine groups is 1. The molecule has 0 radical (unpaired) electrons. The number of aromatic nitrogens is 3. The molecule has 2 aliphatic heterocycles. The van der Waals surface area contributed by atoms with Gasteiger partial charge in [-0.2, -0.15) is 0 Å². The summed E-state index contributed by atoms with van der Waals surface area (Å²) in [7, 11) is 0. The minimum Gasteiger partial charge on any atom is -0.349 e. The van der Waals surface area contributed by atoms with Gasteiger partial charge in [0.2, 0.25) is 0 Å². The van der Waals surface area contributed by atoms with Crippen molar-refractivity contribution < 1.29 is 4.79 Å². The van der Waals surface area contributed by atoms with Gasteiger partial charge < -0.3 is 10.6 Å². The SMILES string of the molecule is O=C(NCC1CC(c2ccccc2)NN1)c1cn(CC2CCCNC2)nn1. The Kier molecular flexibility index (Phi) is 5.76. The minimum atomic E-state index is -0.173. The van der Waals surface area contributed by atoms with E-state index in [-0.39, 0.29) is 18.0 Å². The molecule has 2 saturated heterocycles. The van der Waals surface area contributed by atoms with Gasteiger partial charge in [0.1, 0.15) is 0 Å². The van der Waals surface area contributed by atoms with Crippen molar-refractivity contribution in [2.24, 2.45) is 5.92 Å². The number of rotatable bonds is 6. The number of nitrogens with one attached hydrogen (secondary N) is 4. The molecule has 0 bridgehead atoms. The molecule has 3 heterocycles. The Balaban J connectivity index is 1.24. The lowest BCUT2D eigenvalue weighted by atomic mass is 10.00. The van der Waals surface area contributed by atoms with Crippen molar-refractivity contribution >= 4 is 5.91 Å². The number of hydrogen-bond acceptors (Lipinski definition) is 6. The van der Waals surface area contributed by atoms with Crippen molar-refractivity contribution in [1.29, 1.82) is 0 Å². The second-order valence-electron chi connectivity index (χ2n) is 7.43. The molecule has 3 unspecified atom stereocenters. The maximum Gasteiger partial charge on any atom is 0.273 e. The second kappa shape index (κ2) is 8.60. The Hall–Kier alpha value is -2.29. The fraction of sp³-hybridized carbons (Fsp3) is 0.526. The quantitative estimate of drug-likeness (QED) is 0.596. The van der Waals surface area contributed by atoms with Crippen LogP contribution in [0.5, 0.6) is 0 Å². The van der Waals surface area contributed by atoms with Crippen molar-refractivity contribution in [2.75, 3.05) is 19.6 Å². The Morgan fingerprint density at radius 1 is 1.26 bits per heavy atom. The van der Waals surface area contributed by atoms with Crippen molar-refractivity contribution in [3.05, 3.63) is 47.8 Å².